The van der Waals surface area contributed by atoms with Gasteiger partial charge in [-0.15, -0.1) is 11.8 Å². The summed E-state index contributed by atoms with van der Waals surface area (Å²) < 4.78 is 5.22. The predicted molar refractivity (Wildman–Crippen MR) is 75.0 cm³/mol. The number of carbonyl (C=O) groups excluding carboxylic acids is 1. The Morgan fingerprint density at radius 2 is 2.16 bits per heavy atom. The molecule has 0 radical (unpaired) electrons. The highest BCUT2D eigenvalue weighted by Crippen LogP contribution is 2.41. The molecule has 0 spiro atoms. The van der Waals surface area contributed by atoms with E-state index in [0.717, 1.165) is 11.3 Å². The lowest BCUT2D eigenvalue weighted by Crippen LogP contribution is -2.15. The van der Waals surface area contributed by atoms with Gasteiger partial charge in [0.05, 0.1) is 13.0 Å². The molecular weight excluding hydrogens is 258 g/mol. The number of ketones is 1. The number of fused-ring (bicyclic) bond motifs is 1. The van der Waals surface area contributed by atoms with Gasteiger partial charge in [0.2, 0.25) is 0 Å². The summed E-state index contributed by atoms with van der Waals surface area (Å²) >= 11 is 1.72. The molecule has 3 nitrogen and oxygen atoms in total. The Hall–Kier alpha value is -1.81. The Balaban J connectivity index is 1.98. The topological polar surface area (TPSA) is 39.2 Å². The van der Waals surface area contributed by atoms with E-state index in [1.807, 2.05) is 18.2 Å². The summed E-state index contributed by atoms with van der Waals surface area (Å²) in [4.78, 5) is 18.0. The van der Waals surface area contributed by atoms with Crippen LogP contribution in [0.4, 0.5) is 0 Å². The van der Waals surface area contributed by atoms with E-state index in [4.69, 9.17) is 4.74 Å². The number of thioether (sulfide) groups is 1. The lowest BCUT2D eigenvalue weighted by atomic mass is 9.94. The van der Waals surface area contributed by atoms with Crippen LogP contribution in [0.2, 0.25) is 0 Å². The lowest BCUT2D eigenvalue weighted by Gasteiger charge is -2.11. The van der Waals surface area contributed by atoms with Crippen molar-refractivity contribution in [3.05, 3.63) is 53.9 Å². The number of hydrogen-bond donors (Lipinski definition) is 0. The first-order valence-corrected chi connectivity index (χ1v) is 7.04. The van der Waals surface area contributed by atoms with Gasteiger partial charge in [-0.25, -0.2) is 4.98 Å². The van der Waals surface area contributed by atoms with Crippen molar-refractivity contribution in [1.82, 2.24) is 4.98 Å². The molecule has 1 atom stereocenters. The number of Topliss-reactive ketones (excluding diaryl/α,β-unsaturated/α-hetero) is 1. The normalized spacial score (nSPS) is 17.0. The highest BCUT2D eigenvalue weighted by molar-refractivity contribution is 7.99. The third kappa shape index (κ3) is 2.12. The number of benzene rings is 1. The highest BCUT2D eigenvalue weighted by atomic mass is 32.2. The first-order chi connectivity index (χ1) is 9.31. The minimum atomic E-state index is -0.120. The van der Waals surface area contributed by atoms with E-state index in [2.05, 4.69) is 11.1 Å². The Morgan fingerprint density at radius 1 is 1.32 bits per heavy atom. The molecule has 0 bridgehead atoms. The van der Waals surface area contributed by atoms with E-state index >= 15 is 0 Å². The SMILES string of the molecule is COc1cccnc1C(=O)C1CSc2ccccc21. The summed E-state index contributed by atoms with van der Waals surface area (Å²) in [6.45, 7) is 0. The van der Waals surface area contributed by atoms with Crippen molar-refractivity contribution in [2.75, 3.05) is 12.9 Å². The molecule has 2 aromatic rings. The molecule has 0 saturated carbocycles. The fraction of sp³-hybridized carbons (Fsp3) is 0.200. The molecule has 0 aliphatic carbocycles. The largest absolute Gasteiger partial charge is 0.494 e. The zero-order valence-corrected chi connectivity index (χ0v) is 11.3. The number of pyridine rings is 1. The van der Waals surface area contributed by atoms with Crippen molar-refractivity contribution in [2.24, 2.45) is 0 Å². The maximum Gasteiger partial charge on any atom is 0.193 e. The molecule has 19 heavy (non-hydrogen) atoms. The fourth-order valence-corrected chi connectivity index (χ4v) is 3.51. The molecule has 2 heterocycles. The average molecular weight is 271 g/mol. The van der Waals surface area contributed by atoms with Gasteiger partial charge in [0.1, 0.15) is 11.4 Å². The molecule has 1 unspecified atom stereocenters. The summed E-state index contributed by atoms with van der Waals surface area (Å²) in [5, 5.41) is 0. The van der Waals surface area contributed by atoms with Crippen LogP contribution in [0.1, 0.15) is 22.0 Å². The molecule has 4 heteroatoms. The van der Waals surface area contributed by atoms with Crippen molar-refractivity contribution >= 4 is 17.5 Å². The van der Waals surface area contributed by atoms with Gasteiger partial charge < -0.3 is 4.74 Å². The fourth-order valence-electron chi connectivity index (χ4n) is 2.29. The second kappa shape index (κ2) is 5.05. The van der Waals surface area contributed by atoms with Gasteiger partial charge in [-0.1, -0.05) is 18.2 Å². The number of hydrogen-bond acceptors (Lipinski definition) is 4. The van der Waals surface area contributed by atoms with Crippen LogP contribution < -0.4 is 4.74 Å². The summed E-state index contributed by atoms with van der Waals surface area (Å²) in [6, 6.07) is 11.6. The zero-order valence-electron chi connectivity index (χ0n) is 10.5. The van der Waals surface area contributed by atoms with Crippen LogP contribution in [0.15, 0.2) is 47.5 Å². The van der Waals surface area contributed by atoms with Gasteiger partial charge in [-0.05, 0) is 23.8 Å². The van der Waals surface area contributed by atoms with E-state index in [-0.39, 0.29) is 11.7 Å². The number of methoxy groups -OCH3 is 1. The molecule has 96 valence electrons. The van der Waals surface area contributed by atoms with Gasteiger partial charge in [-0.2, -0.15) is 0 Å². The van der Waals surface area contributed by atoms with Gasteiger partial charge in [-0.3, -0.25) is 4.79 Å². The first-order valence-electron chi connectivity index (χ1n) is 6.06. The molecule has 1 aromatic heterocycles. The van der Waals surface area contributed by atoms with Gasteiger partial charge in [0.15, 0.2) is 5.78 Å². The Morgan fingerprint density at radius 3 is 3.00 bits per heavy atom. The van der Waals surface area contributed by atoms with Crippen LogP contribution in [0.5, 0.6) is 5.75 Å². The second-order valence-electron chi connectivity index (χ2n) is 4.32. The summed E-state index contributed by atoms with van der Waals surface area (Å²) in [5.41, 5.74) is 1.53. The van der Waals surface area contributed by atoms with E-state index in [1.54, 1.807) is 37.2 Å². The maximum atomic E-state index is 12.6. The monoisotopic (exact) mass is 271 g/mol. The summed E-state index contributed by atoms with van der Waals surface area (Å²) in [5.74, 6) is 1.24. The number of rotatable bonds is 3. The molecule has 0 amide bonds. The number of aromatic nitrogens is 1. The van der Waals surface area contributed by atoms with E-state index in [1.165, 1.54) is 4.90 Å². The van der Waals surface area contributed by atoms with Gasteiger partial charge >= 0.3 is 0 Å². The smallest absolute Gasteiger partial charge is 0.193 e. The molecular formula is C15H13NO2S. The predicted octanol–water partition coefficient (Wildman–Crippen LogP) is 3.16. The van der Waals surface area contributed by atoms with Crippen molar-refractivity contribution in [2.45, 2.75) is 10.8 Å². The Kier molecular flexibility index (Phi) is 3.25. The van der Waals surface area contributed by atoms with Crippen LogP contribution in [0, 0.1) is 0 Å². The van der Waals surface area contributed by atoms with E-state index in [9.17, 15) is 4.79 Å². The van der Waals surface area contributed by atoms with Crippen molar-refractivity contribution in [3.63, 3.8) is 0 Å². The lowest BCUT2D eigenvalue weighted by molar-refractivity contribution is 0.0960. The third-order valence-electron chi connectivity index (χ3n) is 3.24. The van der Waals surface area contributed by atoms with E-state index in [0.29, 0.717) is 11.4 Å². The molecule has 3 rings (SSSR count). The maximum absolute atomic E-state index is 12.6. The first kappa shape index (κ1) is 12.2. The Labute approximate surface area is 116 Å². The number of ether oxygens (including phenoxy) is 1. The van der Waals surface area contributed by atoms with Crippen LogP contribution >= 0.6 is 11.8 Å². The minimum Gasteiger partial charge on any atom is -0.494 e. The highest BCUT2D eigenvalue weighted by Gasteiger charge is 2.31. The van der Waals surface area contributed by atoms with Crippen LogP contribution in [0.25, 0.3) is 0 Å². The Bertz CT molecular complexity index is 627. The van der Waals surface area contributed by atoms with Crippen molar-refractivity contribution in [3.8, 4) is 5.75 Å². The standard InChI is InChI=1S/C15H13NO2S/c1-18-12-6-4-8-16-14(12)15(17)11-9-19-13-7-3-2-5-10(11)13/h2-8,11H,9H2,1H3. The molecule has 0 saturated heterocycles. The molecule has 0 N–H and O–H groups in total. The van der Waals surface area contributed by atoms with Crippen LogP contribution in [-0.4, -0.2) is 23.6 Å². The number of carbonyl (C=O) groups is 1. The molecule has 1 aliphatic heterocycles. The van der Waals surface area contributed by atoms with E-state index < -0.39 is 0 Å². The summed E-state index contributed by atoms with van der Waals surface area (Å²) in [6.07, 6.45) is 1.63. The van der Waals surface area contributed by atoms with Crippen molar-refractivity contribution in [1.29, 1.82) is 0 Å². The molecule has 1 aromatic carbocycles. The van der Waals surface area contributed by atoms with Crippen LogP contribution in [-0.2, 0) is 0 Å². The zero-order chi connectivity index (χ0) is 13.2. The van der Waals surface area contributed by atoms with Crippen molar-refractivity contribution < 1.29 is 9.53 Å². The molecule has 1 aliphatic rings. The average Bonchev–Trinajstić information content (AvgIpc) is 2.90. The van der Waals surface area contributed by atoms with Crippen LogP contribution in [0.3, 0.4) is 0 Å². The minimum absolute atomic E-state index is 0.0369. The quantitative estimate of drug-likeness (QED) is 0.804. The van der Waals surface area contributed by atoms with Gasteiger partial charge in [0.25, 0.3) is 0 Å². The van der Waals surface area contributed by atoms with Gasteiger partial charge in [0, 0.05) is 16.8 Å². The summed E-state index contributed by atoms with van der Waals surface area (Å²) in [7, 11) is 1.56. The number of nitrogens with zero attached hydrogens (tertiary/aromatic N) is 1. The second-order valence-corrected chi connectivity index (χ2v) is 5.38. The third-order valence-corrected chi connectivity index (χ3v) is 4.42. The molecule has 0 fully saturated rings.